The van der Waals surface area contributed by atoms with Crippen molar-refractivity contribution in [3.8, 4) is 5.75 Å². The van der Waals surface area contributed by atoms with Crippen molar-refractivity contribution in [3.63, 3.8) is 0 Å². The fourth-order valence-corrected chi connectivity index (χ4v) is 2.66. The molecule has 0 aliphatic heterocycles. The van der Waals surface area contributed by atoms with Crippen LogP contribution in [0.5, 0.6) is 5.75 Å². The highest BCUT2D eigenvalue weighted by atomic mass is 19.1. The Balaban J connectivity index is 1.48. The van der Waals surface area contributed by atoms with Crippen molar-refractivity contribution in [2.75, 3.05) is 18.5 Å². The maximum Gasteiger partial charge on any atom is 0.344 e. The molecule has 5 nitrogen and oxygen atoms in total. The first-order chi connectivity index (χ1) is 14.1. The van der Waals surface area contributed by atoms with E-state index < -0.39 is 24.3 Å². The predicted molar refractivity (Wildman–Crippen MR) is 107 cm³/mol. The summed E-state index contributed by atoms with van der Waals surface area (Å²) in [7, 11) is 0. The molecule has 0 atom stereocenters. The topological polar surface area (TPSA) is 64.6 Å². The van der Waals surface area contributed by atoms with Gasteiger partial charge in [-0.3, -0.25) is 4.79 Å². The Kier molecular flexibility index (Phi) is 6.95. The summed E-state index contributed by atoms with van der Waals surface area (Å²) in [5, 5.41) is 2.77. The molecule has 1 N–H and O–H groups in total. The summed E-state index contributed by atoms with van der Waals surface area (Å²) in [4.78, 5) is 23.9. The molecule has 0 saturated heterocycles. The lowest BCUT2D eigenvalue weighted by atomic mass is 10.0. The number of nitrogens with one attached hydrogen (secondary N) is 1. The summed E-state index contributed by atoms with van der Waals surface area (Å²) >= 11 is 0. The number of halogens is 1. The highest BCUT2D eigenvalue weighted by Gasteiger charge is 2.11. The molecule has 0 unspecified atom stereocenters. The number of rotatable bonds is 8. The highest BCUT2D eigenvalue weighted by Crippen LogP contribution is 2.19. The van der Waals surface area contributed by atoms with Crippen molar-refractivity contribution in [3.05, 3.63) is 95.8 Å². The van der Waals surface area contributed by atoms with E-state index >= 15 is 0 Å². The molecule has 0 fully saturated rings. The molecule has 0 radical (unpaired) electrons. The second-order valence-electron chi connectivity index (χ2n) is 6.27. The molecular formula is C23H20FNO4. The summed E-state index contributed by atoms with van der Waals surface area (Å²) in [6, 6.07) is 22.6. The average molecular weight is 393 g/mol. The molecule has 3 aromatic carbocycles. The standard InChI is InChI=1S/C23H20FNO4/c24-19-10-12-20(13-11-19)28-16-23(27)29-15-22(26)25-21-9-5-4-8-18(21)14-17-6-2-1-3-7-17/h1-13H,14-16H2,(H,25,26). The maximum absolute atomic E-state index is 12.8. The average Bonchev–Trinajstić information content (AvgIpc) is 2.74. The van der Waals surface area contributed by atoms with Gasteiger partial charge < -0.3 is 14.8 Å². The third kappa shape index (κ3) is 6.46. The van der Waals surface area contributed by atoms with Gasteiger partial charge in [0.25, 0.3) is 5.91 Å². The van der Waals surface area contributed by atoms with Crippen molar-refractivity contribution in [2.24, 2.45) is 0 Å². The minimum Gasteiger partial charge on any atom is -0.482 e. The summed E-state index contributed by atoms with van der Waals surface area (Å²) in [6.07, 6.45) is 0.669. The summed E-state index contributed by atoms with van der Waals surface area (Å²) in [6.45, 7) is -0.797. The van der Waals surface area contributed by atoms with Crippen LogP contribution in [0.25, 0.3) is 0 Å². The van der Waals surface area contributed by atoms with Crippen LogP contribution in [0.2, 0.25) is 0 Å². The van der Waals surface area contributed by atoms with Gasteiger partial charge in [0.2, 0.25) is 0 Å². The lowest BCUT2D eigenvalue weighted by molar-refractivity contribution is -0.149. The molecule has 0 aromatic heterocycles. The number of para-hydroxylation sites is 1. The van der Waals surface area contributed by atoms with Gasteiger partial charge in [0.05, 0.1) is 0 Å². The second kappa shape index (κ2) is 10.0. The molecule has 148 valence electrons. The number of benzene rings is 3. The zero-order chi connectivity index (χ0) is 20.5. The molecule has 0 saturated carbocycles. The van der Waals surface area contributed by atoms with Crippen molar-refractivity contribution < 1.29 is 23.5 Å². The molecular weight excluding hydrogens is 373 g/mol. The van der Waals surface area contributed by atoms with Gasteiger partial charge in [0, 0.05) is 5.69 Å². The van der Waals surface area contributed by atoms with Crippen LogP contribution in [0.4, 0.5) is 10.1 Å². The molecule has 3 aromatic rings. The first-order valence-corrected chi connectivity index (χ1v) is 9.06. The minimum atomic E-state index is -0.693. The van der Waals surface area contributed by atoms with E-state index in [-0.39, 0.29) is 6.61 Å². The van der Waals surface area contributed by atoms with Gasteiger partial charge in [0.1, 0.15) is 11.6 Å². The van der Waals surface area contributed by atoms with Crippen LogP contribution in [0.1, 0.15) is 11.1 Å². The van der Waals surface area contributed by atoms with Crippen LogP contribution >= 0.6 is 0 Å². The largest absolute Gasteiger partial charge is 0.482 e. The Hall–Kier alpha value is -3.67. The number of amides is 1. The van der Waals surface area contributed by atoms with E-state index in [1.807, 2.05) is 48.5 Å². The Morgan fingerprint density at radius 3 is 2.28 bits per heavy atom. The Labute approximate surface area is 168 Å². The van der Waals surface area contributed by atoms with Gasteiger partial charge >= 0.3 is 5.97 Å². The van der Waals surface area contributed by atoms with E-state index in [1.165, 1.54) is 24.3 Å². The zero-order valence-electron chi connectivity index (χ0n) is 15.6. The van der Waals surface area contributed by atoms with Crippen LogP contribution in [-0.2, 0) is 20.7 Å². The number of hydrogen-bond donors (Lipinski definition) is 1. The van der Waals surface area contributed by atoms with Gasteiger partial charge in [-0.2, -0.15) is 0 Å². The third-order valence-corrected chi connectivity index (χ3v) is 4.06. The quantitative estimate of drug-likeness (QED) is 0.588. The van der Waals surface area contributed by atoms with Gasteiger partial charge in [-0.05, 0) is 47.9 Å². The third-order valence-electron chi connectivity index (χ3n) is 4.06. The molecule has 0 spiro atoms. The first-order valence-electron chi connectivity index (χ1n) is 9.06. The van der Waals surface area contributed by atoms with E-state index in [1.54, 1.807) is 6.07 Å². The Morgan fingerprint density at radius 1 is 0.828 bits per heavy atom. The molecule has 0 aliphatic rings. The second-order valence-corrected chi connectivity index (χ2v) is 6.27. The number of anilines is 1. The molecule has 1 amide bonds. The fraction of sp³-hybridized carbons (Fsp3) is 0.130. The van der Waals surface area contributed by atoms with Crippen molar-refractivity contribution in [2.45, 2.75) is 6.42 Å². The van der Waals surface area contributed by atoms with Gasteiger partial charge in [-0.1, -0.05) is 48.5 Å². The van der Waals surface area contributed by atoms with E-state index in [0.717, 1.165) is 11.1 Å². The monoisotopic (exact) mass is 393 g/mol. The fourth-order valence-electron chi connectivity index (χ4n) is 2.66. The van der Waals surface area contributed by atoms with Crippen LogP contribution in [-0.4, -0.2) is 25.1 Å². The number of ether oxygens (including phenoxy) is 2. The lowest BCUT2D eigenvalue weighted by Crippen LogP contribution is -2.24. The van der Waals surface area contributed by atoms with Gasteiger partial charge in [-0.25, -0.2) is 9.18 Å². The number of esters is 1. The van der Waals surface area contributed by atoms with E-state index in [9.17, 15) is 14.0 Å². The summed E-state index contributed by atoms with van der Waals surface area (Å²) < 4.78 is 22.9. The highest BCUT2D eigenvalue weighted by molar-refractivity contribution is 5.93. The van der Waals surface area contributed by atoms with Crippen molar-refractivity contribution >= 4 is 17.6 Å². The first kappa shape index (κ1) is 20.1. The molecule has 0 bridgehead atoms. The smallest absolute Gasteiger partial charge is 0.344 e. The van der Waals surface area contributed by atoms with E-state index in [4.69, 9.17) is 9.47 Å². The Bertz CT molecular complexity index is 958. The number of carbonyl (C=O) groups is 2. The maximum atomic E-state index is 12.8. The van der Waals surface area contributed by atoms with Crippen LogP contribution in [0, 0.1) is 5.82 Å². The van der Waals surface area contributed by atoms with E-state index in [2.05, 4.69) is 5.32 Å². The summed E-state index contributed by atoms with van der Waals surface area (Å²) in [5.74, 6) is -1.20. The lowest BCUT2D eigenvalue weighted by Gasteiger charge is -2.12. The molecule has 6 heteroatoms. The molecule has 0 aliphatic carbocycles. The molecule has 29 heavy (non-hydrogen) atoms. The zero-order valence-corrected chi connectivity index (χ0v) is 15.6. The Morgan fingerprint density at radius 2 is 1.52 bits per heavy atom. The van der Waals surface area contributed by atoms with Crippen molar-refractivity contribution in [1.29, 1.82) is 0 Å². The van der Waals surface area contributed by atoms with E-state index in [0.29, 0.717) is 17.9 Å². The van der Waals surface area contributed by atoms with Crippen LogP contribution in [0.15, 0.2) is 78.9 Å². The molecule has 0 heterocycles. The number of carbonyl (C=O) groups excluding carboxylic acids is 2. The molecule has 3 rings (SSSR count). The summed E-state index contributed by atoms with van der Waals surface area (Å²) in [5.41, 5.74) is 2.75. The minimum absolute atomic E-state index is 0.336. The van der Waals surface area contributed by atoms with Crippen LogP contribution < -0.4 is 10.1 Å². The van der Waals surface area contributed by atoms with Gasteiger partial charge in [-0.15, -0.1) is 0 Å². The van der Waals surface area contributed by atoms with Crippen molar-refractivity contribution in [1.82, 2.24) is 0 Å². The van der Waals surface area contributed by atoms with Gasteiger partial charge in [0.15, 0.2) is 13.2 Å². The SMILES string of the molecule is O=C(COC(=O)COc1ccc(F)cc1)Nc1ccccc1Cc1ccccc1. The normalized spacial score (nSPS) is 10.2. The number of hydrogen-bond acceptors (Lipinski definition) is 4. The van der Waals surface area contributed by atoms with Crippen LogP contribution in [0.3, 0.4) is 0 Å². The predicted octanol–water partition coefficient (Wildman–Crippen LogP) is 3.98.